The smallest absolute Gasteiger partial charge is 0.244 e. The average Bonchev–Trinajstić information content (AvgIpc) is 3.41. The van der Waals surface area contributed by atoms with Crippen LogP contribution in [0.25, 0.3) is 0 Å². The summed E-state index contributed by atoms with van der Waals surface area (Å²) in [5.74, 6) is -0.252. The predicted octanol–water partition coefficient (Wildman–Crippen LogP) is 2.77. The fraction of sp³-hybridized carbons (Fsp3) is 0.350. The van der Waals surface area contributed by atoms with E-state index in [1.165, 1.54) is 4.31 Å². The lowest BCUT2D eigenvalue weighted by atomic mass is 10.2. The summed E-state index contributed by atoms with van der Waals surface area (Å²) in [4.78, 5) is 12.6. The number of carbonyl (C=O) groups excluding carboxylic acids is 1. The normalized spacial score (nSPS) is 14.4. The van der Waals surface area contributed by atoms with E-state index in [1.54, 1.807) is 19.1 Å². The Balaban J connectivity index is 1.91. The van der Waals surface area contributed by atoms with Crippen LogP contribution in [0, 0.1) is 13.8 Å². The summed E-state index contributed by atoms with van der Waals surface area (Å²) >= 11 is 0. The Morgan fingerprint density at radius 2 is 1.81 bits per heavy atom. The molecule has 1 fully saturated rings. The first-order chi connectivity index (χ1) is 12.4. The molecule has 0 aromatic heterocycles. The highest BCUT2D eigenvalue weighted by atomic mass is 32.2. The first-order valence-electron chi connectivity index (χ1n) is 8.77. The van der Waals surface area contributed by atoms with Crippen LogP contribution in [0.1, 0.15) is 29.5 Å². The van der Waals surface area contributed by atoms with Gasteiger partial charge in [0.1, 0.15) is 0 Å². The van der Waals surface area contributed by atoms with Gasteiger partial charge in [0.15, 0.2) is 0 Å². The summed E-state index contributed by atoms with van der Waals surface area (Å²) in [6, 6.07) is 14.9. The molecule has 0 bridgehead atoms. The van der Waals surface area contributed by atoms with Crippen LogP contribution in [0.3, 0.4) is 0 Å². The van der Waals surface area contributed by atoms with Crippen LogP contribution < -0.4 is 5.32 Å². The van der Waals surface area contributed by atoms with Crippen molar-refractivity contribution in [2.75, 3.05) is 6.54 Å². The van der Waals surface area contributed by atoms with E-state index < -0.39 is 10.0 Å². The maximum Gasteiger partial charge on any atom is 0.244 e. The average molecular weight is 372 g/mol. The molecule has 138 valence electrons. The minimum absolute atomic E-state index is 0.161. The van der Waals surface area contributed by atoms with Crippen molar-refractivity contribution in [2.45, 2.75) is 44.2 Å². The molecule has 6 heteroatoms. The molecule has 0 saturated heterocycles. The van der Waals surface area contributed by atoms with Crippen molar-refractivity contribution in [3.8, 4) is 0 Å². The number of sulfonamides is 1. The monoisotopic (exact) mass is 372 g/mol. The zero-order valence-electron chi connectivity index (χ0n) is 15.1. The van der Waals surface area contributed by atoms with Gasteiger partial charge in [-0.2, -0.15) is 4.31 Å². The molecule has 2 aromatic rings. The van der Waals surface area contributed by atoms with E-state index in [0.29, 0.717) is 5.56 Å². The van der Waals surface area contributed by atoms with Gasteiger partial charge < -0.3 is 5.32 Å². The van der Waals surface area contributed by atoms with Crippen molar-refractivity contribution in [2.24, 2.45) is 0 Å². The molecule has 0 aliphatic heterocycles. The van der Waals surface area contributed by atoms with Gasteiger partial charge >= 0.3 is 0 Å². The third-order valence-electron chi connectivity index (χ3n) is 4.43. The minimum atomic E-state index is -3.79. The first-order valence-corrected chi connectivity index (χ1v) is 10.2. The second kappa shape index (κ2) is 7.60. The van der Waals surface area contributed by atoms with E-state index in [2.05, 4.69) is 5.32 Å². The van der Waals surface area contributed by atoms with Crippen LogP contribution in [0.4, 0.5) is 0 Å². The van der Waals surface area contributed by atoms with E-state index >= 15 is 0 Å². The highest BCUT2D eigenvalue weighted by molar-refractivity contribution is 7.89. The molecule has 0 atom stereocenters. The molecule has 1 aliphatic carbocycles. The van der Waals surface area contributed by atoms with Crippen LogP contribution in [0.15, 0.2) is 53.4 Å². The summed E-state index contributed by atoms with van der Waals surface area (Å²) in [5, 5.41) is 2.87. The van der Waals surface area contributed by atoms with Crippen LogP contribution in [0.5, 0.6) is 0 Å². The van der Waals surface area contributed by atoms with Crippen molar-refractivity contribution >= 4 is 15.9 Å². The second-order valence-electron chi connectivity index (χ2n) is 6.87. The number of hydrogen-bond donors (Lipinski definition) is 1. The van der Waals surface area contributed by atoms with Gasteiger partial charge in [-0.1, -0.05) is 42.5 Å². The zero-order chi connectivity index (χ0) is 18.7. The Morgan fingerprint density at radius 1 is 1.12 bits per heavy atom. The minimum Gasteiger partial charge on any atom is -0.352 e. The van der Waals surface area contributed by atoms with E-state index in [1.807, 2.05) is 43.3 Å². The van der Waals surface area contributed by atoms with Gasteiger partial charge in [-0.05, 0) is 49.4 Å². The Morgan fingerprint density at radius 3 is 2.46 bits per heavy atom. The van der Waals surface area contributed by atoms with Gasteiger partial charge in [-0.3, -0.25) is 4.79 Å². The molecule has 0 unspecified atom stereocenters. The van der Waals surface area contributed by atoms with Crippen LogP contribution in [-0.4, -0.2) is 31.2 Å². The molecule has 0 spiro atoms. The molecule has 1 saturated carbocycles. The Hall–Kier alpha value is -2.18. The SMILES string of the molecule is Cc1ccc(C)c(S(=O)(=O)N(CC(=O)NC2CC2)Cc2ccccc2)c1. The molecule has 0 heterocycles. The highest BCUT2D eigenvalue weighted by Gasteiger charge is 2.30. The van der Waals surface area contributed by atoms with Crippen molar-refractivity contribution < 1.29 is 13.2 Å². The molecule has 0 radical (unpaired) electrons. The maximum atomic E-state index is 13.3. The van der Waals surface area contributed by atoms with Gasteiger partial charge in [-0.25, -0.2) is 8.42 Å². The molecule has 1 N–H and O–H groups in total. The van der Waals surface area contributed by atoms with E-state index in [4.69, 9.17) is 0 Å². The van der Waals surface area contributed by atoms with Crippen molar-refractivity contribution in [1.82, 2.24) is 9.62 Å². The van der Waals surface area contributed by atoms with E-state index in [0.717, 1.165) is 24.0 Å². The quantitative estimate of drug-likeness (QED) is 0.813. The Labute approximate surface area is 155 Å². The molecule has 3 rings (SSSR count). The largest absolute Gasteiger partial charge is 0.352 e. The lowest BCUT2D eigenvalue weighted by molar-refractivity contribution is -0.121. The molecule has 2 aromatic carbocycles. The number of benzene rings is 2. The predicted molar refractivity (Wildman–Crippen MR) is 101 cm³/mol. The summed E-state index contributed by atoms with van der Waals surface area (Å²) in [6.07, 6.45) is 1.93. The fourth-order valence-electron chi connectivity index (χ4n) is 2.80. The number of nitrogens with zero attached hydrogens (tertiary/aromatic N) is 1. The summed E-state index contributed by atoms with van der Waals surface area (Å²) in [6.45, 7) is 3.62. The fourth-order valence-corrected chi connectivity index (χ4v) is 4.49. The molecular formula is C20H24N2O3S. The molecule has 5 nitrogen and oxygen atoms in total. The number of aryl methyl sites for hydroxylation is 2. The van der Waals surface area contributed by atoms with Gasteiger partial charge in [0.25, 0.3) is 0 Å². The first kappa shape index (κ1) is 18.6. The third-order valence-corrected chi connectivity index (χ3v) is 6.36. The zero-order valence-corrected chi connectivity index (χ0v) is 15.9. The number of carbonyl (C=O) groups is 1. The molecule has 26 heavy (non-hydrogen) atoms. The highest BCUT2D eigenvalue weighted by Crippen LogP contribution is 2.23. The standard InChI is InChI=1S/C20H24N2O3S/c1-15-8-9-16(2)19(12-15)26(24,25)22(13-17-6-4-3-5-7-17)14-20(23)21-18-10-11-18/h3-9,12,18H,10-11,13-14H2,1-2H3,(H,21,23). The number of rotatable bonds is 7. The maximum absolute atomic E-state index is 13.3. The topological polar surface area (TPSA) is 66.5 Å². The van der Waals surface area contributed by atoms with Gasteiger partial charge in [-0.15, -0.1) is 0 Å². The van der Waals surface area contributed by atoms with Gasteiger partial charge in [0.05, 0.1) is 11.4 Å². The third kappa shape index (κ3) is 4.51. The van der Waals surface area contributed by atoms with Gasteiger partial charge in [0.2, 0.25) is 15.9 Å². The lowest BCUT2D eigenvalue weighted by Gasteiger charge is -2.23. The molecular weight excluding hydrogens is 348 g/mol. The van der Waals surface area contributed by atoms with Crippen LogP contribution >= 0.6 is 0 Å². The molecule has 1 amide bonds. The lowest BCUT2D eigenvalue weighted by Crippen LogP contribution is -2.41. The Kier molecular flexibility index (Phi) is 5.44. The van der Waals surface area contributed by atoms with E-state index in [-0.39, 0.29) is 29.9 Å². The van der Waals surface area contributed by atoms with Crippen LogP contribution in [0.2, 0.25) is 0 Å². The second-order valence-corrected chi connectivity index (χ2v) is 8.78. The summed E-state index contributed by atoms with van der Waals surface area (Å²) < 4.78 is 27.9. The summed E-state index contributed by atoms with van der Waals surface area (Å²) in [7, 11) is -3.79. The van der Waals surface area contributed by atoms with E-state index in [9.17, 15) is 13.2 Å². The summed E-state index contributed by atoms with van der Waals surface area (Å²) in [5.41, 5.74) is 2.40. The van der Waals surface area contributed by atoms with Crippen molar-refractivity contribution in [3.05, 3.63) is 65.2 Å². The number of amides is 1. The Bertz CT molecular complexity index is 891. The van der Waals surface area contributed by atoms with Crippen molar-refractivity contribution in [3.63, 3.8) is 0 Å². The van der Waals surface area contributed by atoms with Crippen molar-refractivity contribution in [1.29, 1.82) is 0 Å². The number of hydrogen-bond acceptors (Lipinski definition) is 3. The van der Waals surface area contributed by atoms with Gasteiger partial charge in [0, 0.05) is 12.6 Å². The van der Waals surface area contributed by atoms with Crippen LogP contribution in [-0.2, 0) is 21.4 Å². The number of nitrogens with one attached hydrogen (secondary N) is 1. The molecule has 1 aliphatic rings.